The van der Waals surface area contributed by atoms with Crippen molar-refractivity contribution in [2.24, 2.45) is 5.92 Å². The van der Waals surface area contributed by atoms with E-state index in [4.69, 9.17) is 4.74 Å². The maximum atomic E-state index is 12.8. The normalized spacial score (nSPS) is 18.4. The van der Waals surface area contributed by atoms with Gasteiger partial charge in [0.15, 0.2) is 0 Å². The molecule has 2 aromatic rings. The first-order valence-corrected chi connectivity index (χ1v) is 11.4. The Morgan fingerprint density at radius 1 is 1.03 bits per heavy atom. The molecule has 2 fully saturated rings. The van der Waals surface area contributed by atoms with Gasteiger partial charge in [-0.25, -0.2) is 0 Å². The Kier molecular flexibility index (Phi) is 6.45. The van der Waals surface area contributed by atoms with Gasteiger partial charge in [-0.05, 0) is 24.8 Å². The van der Waals surface area contributed by atoms with Crippen molar-refractivity contribution >= 4 is 34.5 Å². The molecule has 1 aromatic carbocycles. The topological polar surface area (TPSA) is 54.8 Å². The molecule has 2 aliphatic heterocycles. The number of carbonyl (C=O) groups excluding carboxylic acids is 2. The molecule has 2 saturated heterocycles. The van der Waals surface area contributed by atoms with Crippen LogP contribution in [0.5, 0.6) is 0 Å². The van der Waals surface area contributed by atoms with Crippen molar-refractivity contribution in [3.63, 3.8) is 0 Å². The number of hydrogen-bond donors (Lipinski definition) is 0. The molecule has 7 heteroatoms. The summed E-state index contributed by atoms with van der Waals surface area (Å²) in [6.07, 6.45) is 4.21. The molecule has 2 aliphatic rings. The van der Waals surface area contributed by atoms with Gasteiger partial charge in [-0.3, -0.25) is 9.59 Å². The van der Waals surface area contributed by atoms with Gasteiger partial charge in [-0.2, -0.15) is 0 Å². The van der Waals surface area contributed by atoms with Crippen LogP contribution in [0.15, 0.2) is 35.4 Å². The fraction of sp³-hybridized carbons (Fsp3) is 0.545. The molecule has 2 amide bonds. The monoisotopic (exact) mass is 415 g/mol. The number of morpholine rings is 1. The van der Waals surface area contributed by atoms with Crippen LogP contribution < -0.4 is 0 Å². The van der Waals surface area contributed by atoms with Crippen LogP contribution >= 0.6 is 11.8 Å². The van der Waals surface area contributed by atoms with Crippen molar-refractivity contribution in [3.05, 3.63) is 30.5 Å². The first-order chi connectivity index (χ1) is 14.1. The number of piperidine rings is 1. The maximum absolute atomic E-state index is 12.8. The van der Waals surface area contributed by atoms with Crippen molar-refractivity contribution < 1.29 is 14.3 Å². The standard InChI is InChI=1S/C22H29N3O3S/c1-17-6-8-23(9-7-17)21(26)15-25-14-20(18-4-2-3-5-19(18)25)29-16-22(27)24-10-12-28-13-11-24/h2-5,14,17H,6-13,15-16H2,1H3. The van der Waals surface area contributed by atoms with E-state index in [1.165, 1.54) is 0 Å². The summed E-state index contributed by atoms with van der Waals surface area (Å²) in [5, 5.41) is 1.10. The summed E-state index contributed by atoms with van der Waals surface area (Å²) in [5.74, 6) is 1.44. The summed E-state index contributed by atoms with van der Waals surface area (Å²) in [6.45, 7) is 6.90. The molecule has 1 aromatic heterocycles. The highest BCUT2D eigenvalue weighted by atomic mass is 32.2. The summed E-state index contributed by atoms with van der Waals surface area (Å²) in [4.78, 5) is 30.3. The largest absolute Gasteiger partial charge is 0.378 e. The van der Waals surface area contributed by atoms with Gasteiger partial charge in [0.1, 0.15) is 6.54 Å². The summed E-state index contributed by atoms with van der Waals surface area (Å²) < 4.78 is 7.37. The summed E-state index contributed by atoms with van der Waals surface area (Å²) >= 11 is 1.56. The molecular weight excluding hydrogens is 386 g/mol. The number of nitrogens with zero attached hydrogens (tertiary/aromatic N) is 3. The quantitative estimate of drug-likeness (QED) is 0.705. The predicted molar refractivity (Wildman–Crippen MR) is 115 cm³/mol. The van der Waals surface area contributed by atoms with E-state index in [0.717, 1.165) is 41.7 Å². The van der Waals surface area contributed by atoms with E-state index < -0.39 is 0 Å². The predicted octanol–water partition coefficient (Wildman–Crippen LogP) is 2.85. The minimum absolute atomic E-state index is 0.147. The third kappa shape index (κ3) is 4.78. The molecular formula is C22H29N3O3S. The van der Waals surface area contributed by atoms with Gasteiger partial charge in [-0.15, -0.1) is 11.8 Å². The molecule has 29 heavy (non-hydrogen) atoms. The molecule has 0 unspecified atom stereocenters. The highest BCUT2D eigenvalue weighted by Gasteiger charge is 2.22. The zero-order valence-corrected chi connectivity index (χ0v) is 17.8. The van der Waals surface area contributed by atoms with Crippen molar-refractivity contribution in [1.29, 1.82) is 0 Å². The Hall–Kier alpha value is -1.99. The van der Waals surface area contributed by atoms with E-state index >= 15 is 0 Å². The summed E-state index contributed by atoms with van der Waals surface area (Å²) in [7, 11) is 0. The minimum Gasteiger partial charge on any atom is -0.378 e. The van der Waals surface area contributed by atoms with Crippen molar-refractivity contribution in [2.45, 2.75) is 31.2 Å². The van der Waals surface area contributed by atoms with Gasteiger partial charge in [0.05, 0.1) is 19.0 Å². The lowest BCUT2D eigenvalue weighted by Gasteiger charge is -2.30. The molecule has 4 rings (SSSR count). The van der Waals surface area contributed by atoms with E-state index in [1.807, 2.05) is 32.7 Å². The van der Waals surface area contributed by atoms with Gasteiger partial charge in [0.25, 0.3) is 0 Å². The number of carbonyl (C=O) groups is 2. The number of ether oxygens (including phenoxy) is 1. The Morgan fingerprint density at radius 3 is 2.48 bits per heavy atom. The van der Waals surface area contributed by atoms with E-state index in [-0.39, 0.29) is 11.8 Å². The second-order valence-corrected chi connectivity index (χ2v) is 9.00. The van der Waals surface area contributed by atoms with Gasteiger partial charge >= 0.3 is 0 Å². The molecule has 0 atom stereocenters. The lowest BCUT2D eigenvalue weighted by Crippen LogP contribution is -2.41. The Bertz CT molecular complexity index is 867. The van der Waals surface area contributed by atoms with Crippen LogP contribution in [0.1, 0.15) is 19.8 Å². The Balaban J connectivity index is 1.45. The van der Waals surface area contributed by atoms with Crippen LogP contribution in [-0.4, -0.2) is 71.3 Å². The van der Waals surface area contributed by atoms with E-state index in [0.29, 0.717) is 44.5 Å². The number of fused-ring (bicyclic) bond motifs is 1. The minimum atomic E-state index is 0.147. The third-order valence-corrected chi connectivity index (χ3v) is 6.94. The van der Waals surface area contributed by atoms with Crippen LogP contribution in [0.4, 0.5) is 0 Å². The zero-order valence-electron chi connectivity index (χ0n) is 17.0. The molecule has 0 radical (unpaired) electrons. The molecule has 0 aliphatic carbocycles. The molecule has 6 nitrogen and oxygen atoms in total. The van der Waals surface area contributed by atoms with Crippen LogP contribution in [0.2, 0.25) is 0 Å². The van der Waals surface area contributed by atoms with Gasteiger partial charge < -0.3 is 19.1 Å². The second kappa shape index (κ2) is 9.22. The average molecular weight is 416 g/mol. The van der Waals surface area contributed by atoms with Gasteiger partial charge in [0, 0.05) is 48.2 Å². The first kappa shape index (κ1) is 20.3. The van der Waals surface area contributed by atoms with Gasteiger partial charge in [0.2, 0.25) is 11.8 Å². The molecule has 0 N–H and O–H groups in total. The van der Waals surface area contributed by atoms with Gasteiger partial charge in [-0.1, -0.05) is 25.1 Å². The SMILES string of the molecule is CC1CCN(C(=O)Cn2cc(SCC(=O)N3CCOCC3)c3ccccc32)CC1. The average Bonchev–Trinajstić information content (AvgIpc) is 3.10. The number of para-hydroxylation sites is 1. The Morgan fingerprint density at radius 2 is 1.72 bits per heavy atom. The third-order valence-electron chi connectivity index (χ3n) is 5.91. The molecule has 0 spiro atoms. The van der Waals surface area contributed by atoms with E-state index in [9.17, 15) is 9.59 Å². The van der Waals surface area contributed by atoms with Crippen molar-refractivity contribution in [3.8, 4) is 0 Å². The maximum Gasteiger partial charge on any atom is 0.242 e. The highest BCUT2D eigenvalue weighted by Crippen LogP contribution is 2.30. The van der Waals surface area contributed by atoms with Crippen molar-refractivity contribution in [1.82, 2.24) is 14.4 Å². The summed E-state index contributed by atoms with van der Waals surface area (Å²) in [5.41, 5.74) is 1.05. The van der Waals surface area contributed by atoms with Crippen LogP contribution in [0.25, 0.3) is 10.9 Å². The molecule has 3 heterocycles. The fourth-order valence-corrected chi connectivity index (χ4v) is 5.00. The number of rotatable bonds is 5. The molecule has 0 saturated carbocycles. The Labute approximate surface area is 176 Å². The summed E-state index contributed by atoms with van der Waals surface area (Å²) in [6, 6.07) is 8.13. The van der Waals surface area contributed by atoms with E-state index in [2.05, 4.69) is 19.1 Å². The highest BCUT2D eigenvalue weighted by molar-refractivity contribution is 8.00. The first-order valence-electron chi connectivity index (χ1n) is 10.5. The zero-order chi connectivity index (χ0) is 20.2. The number of likely N-dealkylation sites (tertiary alicyclic amines) is 1. The lowest BCUT2D eigenvalue weighted by molar-refractivity contribution is -0.133. The van der Waals surface area contributed by atoms with Crippen LogP contribution in [0.3, 0.4) is 0 Å². The number of aromatic nitrogens is 1. The molecule has 0 bridgehead atoms. The lowest BCUT2D eigenvalue weighted by atomic mass is 9.99. The fourth-order valence-electron chi connectivity index (χ4n) is 4.01. The second-order valence-electron chi connectivity index (χ2n) is 7.98. The van der Waals surface area contributed by atoms with Crippen LogP contribution in [-0.2, 0) is 20.9 Å². The van der Waals surface area contributed by atoms with Crippen LogP contribution in [0, 0.1) is 5.92 Å². The van der Waals surface area contributed by atoms with Crippen molar-refractivity contribution in [2.75, 3.05) is 45.1 Å². The molecule has 156 valence electrons. The number of benzene rings is 1. The smallest absolute Gasteiger partial charge is 0.242 e. The number of hydrogen-bond acceptors (Lipinski definition) is 4. The number of amides is 2. The number of thioether (sulfide) groups is 1. The van der Waals surface area contributed by atoms with E-state index in [1.54, 1.807) is 11.8 Å².